The summed E-state index contributed by atoms with van der Waals surface area (Å²) in [6.45, 7) is 0. The molecule has 0 amide bonds. The van der Waals surface area contributed by atoms with Gasteiger partial charge >= 0.3 is 0 Å². The second-order valence-electron chi connectivity index (χ2n) is 6.23. The van der Waals surface area contributed by atoms with Gasteiger partial charge in [0.2, 0.25) is 5.78 Å². The molecule has 3 aromatic rings. The van der Waals surface area contributed by atoms with Gasteiger partial charge in [-0.2, -0.15) is 0 Å². The lowest BCUT2D eigenvalue weighted by Gasteiger charge is -2.20. The Labute approximate surface area is 155 Å². The molecule has 6 heteroatoms. The van der Waals surface area contributed by atoms with E-state index in [0.29, 0.717) is 17.0 Å². The highest BCUT2D eigenvalue weighted by Crippen LogP contribution is 2.39. The molecule has 2 atom stereocenters. The second-order valence-corrected chi connectivity index (χ2v) is 6.23. The summed E-state index contributed by atoms with van der Waals surface area (Å²) in [6.07, 6.45) is -0.722. The SMILES string of the molecule is O=C(c1ccccc1)C1Oc2ccccc2C1Nc1ccc([N+](=O)[O-])cc1. The maximum absolute atomic E-state index is 13.0. The normalized spacial score (nSPS) is 17.6. The van der Waals surface area contributed by atoms with E-state index in [0.717, 1.165) is 5.56 Å². The summed E-state index contributed by atoms with van der Waals surface area (Å²) in [6, 6.07) is 22.2. The van der Waals surface area contributed by atoms with Gasteiger partial charge in [-0.05, 0) is 18.2 Å². The van der Waals surface area contributed by atoms with E-state index >= 15 is 0 Å². The Balaban J connectivity index is 1.65. The first-order chi connectivity index (χ1) is 13.1. The highest BCUT2D eigenvalue weighted by atomic mass is 16.6. The first-order valence-electron chi connectivity index (χ1n) is 8.49. The fraction of sp³-hybridized carbons (Fsp3) is 0.0952. The number of ketones is 1. The number of para-hydroxylation sites is 1. The molecule has 0 radical (unpaired) electrons. The van der Waals surface area contributed by atoms with E-state index in [1.54, 1.807) is 24.3 Å². The topological polar surface area (TPSA) is 81.5 Å². The van der Waals surface area contributed by atoms with Crippen molar-refractivity contribution in [2.24, 2.45) is 0 Å². The molecule has 1 aliphatic heterocycles. The molecule has 0 aromatic heterocycles. The number of non-ortho nitro benzene ring substituents is 1. The fourth-order valence-corrected chi connectivity index (χ4v) is 3.20. The van der Waals surface area contributed by atoms with Gasteiger partial charge in [-0.15, -0.1) is 0 Å². The van der Waals surface area contributed by atoms with Crippen LogP contribution >= 0.6 is 0 Å². The van der Waals surface area contributed by atoms with Gasteiger partial charge in [0.15, 0.2) is 6.10 Å². The van der Waals surface area contributed by atoms with Crippen LogP contribution in [-0.2, 0) is 0 Å². The molecule has 2 unspecified atom stereocenters. The number of nitrogens with zero attached hydrogens (tertiary/aromatic N) is 1. The highest BCUT2D eigenvalue weighted by Gasteiger charge is 2.39. The van der Waals surface area contributed by atoms with E-state index < -0.39 is 17.1 Å². The molecule has 0 saturated heterocycles. The lowest BCUT2D eigenvalue weighted by Crippen LogP contribution is -2.33. The van der Waals surface area contributed by atoms with Crippen LogP contribution in [0.25, 0.3) is 0 Å². The maximum Gasteiger partial charge on any atom is 0.269 e. The summed E-state index contributed by atoms with van der Waals surface area (Å²) >= 11 is 0. The molecule has 134 valence electrons. The summed E-state index contributed by atoms with van der Waals surface area (Å²) in [5.74, 6) is 0.539. The molecule has 4 rings (SSSR count). The Bertz CT molecular complexity index is 987. The molecule has 0 aliphatic carbocycles. The Morgan fingerprint density at radius 1 is 0.926 bits per heavy atom. The van der Waals surface area contributed by atoms with Crippen LogP contribution < -0.4 is 10.1 Å². The quantitative estimate of drug-likeness (QED) is 0.414. The molecule has 1 N–H and O–H groups in total. The van der Waals surface area contributed by atoms with Crippen molar-refractivity contribution in [1.82, 2.24) is 0 Å². The standard InChI is InChI=1S/C21H16N2O4/c24-20(14-6-2-1-3-7-14)21-19(17-8-4-5-9-18(17)27-21)22-15-10-12-16(13-11-15)23(25)26/h1-13,19,21-22H. The summed E-state index contributed by atoms with van der Waals surface area (Å²) in [5, 5.41) is 14.1. The van der Waals surface area contributed by atoms with E-state index in [9.17, 15) is 14.9 Å². The van der Waals surface area contributed by atoms with Crippen LogP contribution in [-0.4, -0.2) is 16.8 Å². The number of hydrogen-bond donors (Lipinski definition) is 1. The predicted octanol–water partition coefficient (Wildman–Crippen LogP) is 4.39. The number of rotatable bonds is 5. The van der Waals surface area contributed by atoms with Crippen molar-refractivity contribution in [3.63, 3.8) is 0 Å². The number of ether oxygens (including phenoxy) is 1. The van der Waals surface area contributed by atoms with Crippen LogP contribution in [0.5, 0.6) is 5.75 Å². The molecule has 0 spiro atoms. The van der Waals surface area contributed by atoms with Gasteiger partial charge in [-0.25, -0.2) is 0 Å². The monoisotopic (exact) mass is 360 g/mol. The van der Waals surface area contributed by atoms with Crippen molar-refractivity contribution in [2.75, 3.05) is 5.32 Å². The first kappa shape index (κ1) is 16.8. The lowest BCUT2D eigenvalue weighted by atomic mass is 9.96. The summed E-state index contributed by atoms with van der Waals surface area (Å²) < 4.78 is 5.95. The molecular formula is C21H16N2O4. The summed E-state index contributed by atoms with van der Waals surface area (Å²) in [4.78, 5) is 23.4. The maximum atomic E-state index is 13.0. The number of nitro benzene ring substituents is 1. The van der Waals surface area contributed by atoms with E-state index in [-0.39, 0.29) is 11.5 Å². The van der Waals surface area contributed by atoms with Gasteiger partial charge in [0.25, 0.3) is 5.69 Å². The highest BCUT2D eigenvalue weighted by molar-refractivity contribution is 6.01. The Morgan fingerprint density at radius 3 is 2.30 bits per heavy atom. The minimum absolute atomic E-state index is 0.0144. The lowest BCUT2D eigenvalue weighted by molar-refractivity contribution is -0.384. The van der Waals surface area contributed by atoms with Gasteiger partial charge in [0.05, 0.1) is 11.0 Å². The van der Waals surface area contributed by atoms with Crippen LogP contribution in [0.1, 0.15) is 22.0 Å². The fourth-order valence-electron chi connectivity index (χ4n) is 3.20. The Kier molecular flexibility index (Phi) is 4.30. The molecule has 0 fully saturated rings. The largest absolute Gasteiger partial charge is 0.479 e. The molecular weight excluding hydrogens is 344 g/mol. The molecule has 0 bridgehead atoms. The van der Waals surface area contributed by atoms with Crippen molar-refractivity contribution in [3.05, 3.63) is 100 Å². The Morgan fingerprint density at radius 2 is 1.59 bits per heavy atom. The molecule has 6 nitrogen and oxygen atoms in total. The zero-order chi connectivity index (χ0) is 18.8. The number of hydrogen-bond acceptors (Lipinski definition) is 5. The molecule has 1 heterocycles. The average molecular weight is 360 g/mol. The number of fused-ring (bicyclic) bond motifs is 1. The van der Waals surface area contributed by atoms with Gasteiger partial charge < -0.3 is 10.1 Å². The zero-order valence-corrected chi connectivity index (χ0v) is 14.2. The van der Waals surface area contributed by atoms with Crippen molar-refractivity contribution < 1.29 is 14.5 Å². The van der Waals surface area contributed by atoms with Crippen LogP contribution in [0.2, 0.25) is 0 Å². The summed E-state index contributed by atoms with van der Waals surface area (Å²) in [5.41, 5.74) is 2.15. The van der Waals surface area contributed by atoms with Gasteiger partial charge in [0.1, 0.15) is 5.75 Å². The minimum atomic E-state index is -0.722. The van der Waals surface area contributed by atoms with E-state index in [2.05, 4.69) is 5.32 Å². The zero-order valence-electron chi connectivity index (χ0n) is 14.2. The van der Waals surface area contributed by atoms with Crippen LogP contribution in [0, 0.1) is 10.1 Å². The third-order valence-electron chi connectivity index (χ3n) is 4.53. The third-order valence-corrected chi connectivity index (χ3v) is 4.53. The number of benzene rings is 3. The van der Waals surface area contributed by atoms with Crippen LogP contribution in [0.4, 0.5) is 11.4 Å². The molecule has 1 aliphatic rings. The number of nitrogens with one attached hydrogen (secondary N) is 1. The second kappa shape index (κ2) is 6.92. The molecule has 0 saturated carbocycles. The van der Waals surface area contributed by atoms with Crippen molar-refractivity contribution in [2.45, 2.75) is 12.1 Å². The van der Waals surface area contributed by atoms with E-state index in [1.807, 2.05) is 42.5 Å². The number of anilines is 1. The number of nitro groups is 1. The number of carbonyl (C=O) groups is 1. The summed E-state index contributed by atoms with van der Waals surface area (Å²) in [7, 11) is 0. The predicted molar refractivity (Wildman–Crippen MR) is 101 cm³/mol. The third kappa shape index (κ3) is 3.25. The van der Waals surface area contributed by atoms with Crippen molar-refractivity contribution >= 4 is 17.2 Å². The molecule has 3 aromatic carbocycles. The minimum Gasteiger partial charge on any atom is -0.479 e. The van der Waals surface area contributed by atoms with E-state index in [1.165, 1.54) is 12.1 Å². The van der Waals surface area contributed by atoms with E-state index in [4.69, 9.17) is 4.74 Å². The van der Waals surface area contributed by atoms with Gasteiger partial charge in [-0.3, -0.25) is 14.9 Å². The first-order valence-corrected chi connectivity index (χ1v) is 8.49. The average Bonchev–Trinajstić information content (AvgIpc) is 3.07. The van der Waals surface area contributed by atoms with Crippen molar-refractivity contribution in [1.29, 1.82) is 0 Å². The van der Waals surface area contributed by atoms with Crippen LogP contribution in [0.15, 0.2) is 78.9 Å². The molecule has 27 heavy (non-hydrogen) atoms. The van der Waals surface area contributed by atoms with Crippen LogP contribution in [0.3, 0.4) is 0 Å². The van der Waals surface area contributed by atoms with Gasteiger partial charge in [-0.1, -0.05) is 48.5 Å². The number of Topliss-reactive ketones (excluding diaryl/α,β-unsaturated/α-hetero) is 1. The van der Waals surface area contributed by atoms with Gasteiger partial charge in [0, 0.05) is 28.9 Å². The Hall–Kier alpha value is -3.67. The smallest absolute Gasteiger partial charge is 0.269 e. The number of carbonyl (C=O) groups excluding carboxylic acids is 1. The van der Waals surface area contributed by atoms with Crippen molar-refractivity contribution in [3.8, 4) is 5.75 Å².